The first kappa shape index (κ1) is 13.2. The molecule has 1 aromatic carbocycles. The first-order valence-corrected chi connectivity index (χ1v) is 5.50. The normalized spacial score (nSPS) is 20.7. The van der Waals surface area contributed by atoms with Gasteiger partial charge in [0.2, 0.25) is 5.91 Å². The molecule has 3 nitrogen and oxygen atoms in total. The Kier molecular flexibility index (Phi) is 3.49. The van der Waals surface area contributed by atoms with Crippen molar-refractivity contribution in [2.24, 2.45) is 0 Å². The van der Waals surface area contributed by atoms with E-state index in [-0.39, 0.29) is 24.1 Å². The van der Waals surface area contributed by atoms with Crippen molar-refractivity contribution in [1.29, 1.82) is 0 Å². The second-order valence-electron chi connectivity index (χ2n) is 3.84. The molecule has 1 aromatic rings. The van der Waals surface area contributed by atoms with Gasteiger partial charge in [0.05, 0.1) is 5.56 Å². The van der Waals surface area contributed by atoms with Crippen molar-refractivity contribution in [3.8, 4) is 0 Å². The lowest BCUT2D eigenvalue weighted by molar-refractivity contribution is -0.137. The molecular formula is C11H9ClF3NO2. The minimum absolute atomic E-state index is 0.0222. The summed E-state index contributed by atoms with van der Waals surface area (Å²) in [5.74, 6) is -0.255. The van der Waals surface area contributed by atoms with E-state index in [4.69, 9.17) is 16.3 Å². The molecule has 1 fully saturated rings. The van der Waals surface area contributed by atoms with Gasteiger partial charge in [-0.25, -0.2) is 0 Å². The van der Waals surface area contributed by atoms with Crippen molar-refractivity contribution >= 4 is 17.5 Å². The van der Waals surface area contributed by atoms with Crippen LogP contribution < -0.4 is 5.32 Å². The first-order chi connectivity index (χ1) is 8.38. The van der Waals surface area contributed by atoms with Gasteiger partial charge in [0.25, 0.3) is 0 Å². The molecule has 1 saturated heterocycles. The van der Waals surface area contributed by atoms with Crippen molar-refractivity contribution in [1.82, 2.24) is 5.32 Å². The molecule has 1 N–H and O–H groups in total. The molecule has 0 radical (unpaired) electrons. The average Bonchev–Trinajstić information content (AvgIpc) is 2.29. The van der Waals surface area contributed by atoms with E-state index in [0.717, 1.165) is 12.1 Å². The third-order valence-electron chi connectivity index (χ3n) is 2.57. The molecule has 0 aromatic heterocycles. The van der Waals surface area contributed by atoms with Crippen molar-refractivity contribution in [2.45, 2.75) is 12.3 Å². The summed E-state index contributed by atoms with van der Waals surface area (Å²) in [6.45, 7) is 0.0753. The van der Waals surface area contributed by atoms with Crippen LogP contribution in [-0.2, 0) is 15.7 Å². The molecular weight excluding hydrogens is 271 g/mol. The van der Waals surface area contributed by atoms with Crippen LogP contribution in [-0.4, -0.2) is 19.1 Å². The summed E-state index contributed by atoms with van der Waals surface area (Å²) in [4.78, 5) is 10.9. The number of nitrogens with one attached hydrogen (secondary N) is 1. The number of amides is 1. The maximum atomic E-state index is 12.4. The molecule has 1 amide bonds. The van der Waals surface area contributed by atoms with E-state index < -0.39 is 17.8 Å². The molecule has 1 aliphatic rings. The summed E-state index contributed by atoms with van der Waals surface area (Å²) in [6, 6.07) is 3.07. The summed E-state index contributed by atoms with van der Waals surface area (Å²) in [7, 11) is 0. The van der Waals surface area contributed by atoms with Crippen molar-refractivity contribution in [2.75, 3.05) is 13.2 Å². The van der Waals surface area contributed by atoms with E-state index in [1.165, 1.54) is 6.07 Å². The number of ether oxygens (including phenoxy) is 1. The topological polar surface area (TPSA) is 38.3 Å². The number of morpholine rings is 1. The molecule has 2 rings (SSSR count). The van der Waals surface area contributed by atoms with Gasteiger partial charge >= 0.3 is 6.18 Å². The number of hydrogen-bond donors (Lipinski definition) is 1. The largest absolute Gasteiger partial charge is 0.416 e. The summed E-state index contributed by atoms with van der Waals surface area (Å²) in [5, 5.41) is 2.54. The number of benzene rings is 1. The SMILES string of the molecule is O=C1CO[C@@H](c2ccc(C(F)(F)F)cc2Cl)CN1. The van der Waals surface area contributed by atoms with Gasteiger partial charge in [0.1, 0.15) is 12.7 Å². The van der Waals surface area contributed by atoms with Gasteiger partial charge < -0.3 is 10.1 Å². The highest BCUT2D eigenvalue weighted by Gasteiger charge is 2.32. The second kappa shape index (κ2) is 4.78. The molecule has 98 valence electrons. The Morgan fingerprint density at radius 1 is 1.39 bits per heavy atom. The number of carbonyl (C=O) groups excluding carboxylic acids is 1. The molecule has 1 heterocycles. The van der Waals surface area contributed by atoms with E-state index in [0.29, 0.717) is 5.56 Å². The summed E-state index contributed by atoms with van der Waals surface area (Å²) in [5.41, 5.74) is -0.374. The molecule has 0 saturated carbocycles. The lowest BCUT2D eigenvalue weighted by Gasteiger charge is -2.24. The minimum atomic E-state index is -4.43. The van der Waals surface area contributed by atoms with E-state index in [2.05, 4.69) is 5.32 Å². The van der Waals surface area contributed by atoms with E-state index in [9.17, 15) is 18.0 Å². The smallest absolute Gasteiger partial charge is 0.362 e. The fraction of sp³-hybridized carbons (Fsp3) is 0.364. The first-order valence-electron chi connectivity index (χ1n) is 5.13. The van der Waals surface area contributed by atoms with Gasteiger partial charge in [-0.2, -0.15) is 13.2 Å². The third kappa shape index (κ3) is 2.76. The standard InChI is InChI=1S/C11H9ClF3NO2/c12-8-3-6(11(13,14)15)1-2-7(8)9-4-16-10(17)5-18-9/h1-3,9H,4-5H2,(H,16,17)/t9-/m1/s1. The lowest BCUT2D eigenvalue weighted by atomic mass is 10.1. The molecule has 1 atom stereocenters. The highest BCUT2D eigenvalue weighted by molar-refractivity contribution is 6.31. The van der Waals surface area contributed by atoms with Crippen LogP contribution in [0.4, 0.5) is 13.2 Å². The summed E-state index contributed by atoms with van der Waals surface area (Å²) < 4.78 is 42.5. The lowest BCUT2D eigenvalue weighted by Crippen LogP contribution is -2.38. The van der Waals surface area contributed by atoms with Gasteiger partial charge in [-0.15, -0.1) is 0 Å². The molecule has 0 bridgehead atoms. The van der Waals surface area contributed by atoms with E-state index in [1.54, 1.807) is 0 Å². The van der Waals surface area contributed by atoms with Crippen LogP contribution in [0.3, 0.4) is 0 Å². The molecule has 0 aliphatic carbocycles. The van der Waals surface area contributed by atoms with Gasteiger partial charge in [-0.3, -0.25) is 4.79 Å². The van der Waals surface area contributed by atoms with Gasteiger partial charge in [0, 0.05) is 17.1 Å². The Balaban J connectivity index is 2.22. The van der Waals surface area contributed by atoms with Gasteiger partial charge in [-0.1, -0.05) is 17.7 Å². The van der Waals surface area contributed by atoms with E-state index >= 15 is 0 Å². The number of rotatable bonds is 1. The maximum absolute atomic E-state index is 12.4. The predicted molar refractivity (Wildman–Crippen MR) is 58.2 cm³/mol. The second-order valence-corrected chi connectivity index (χ2v) is 4.24. The van der Waals surface area contributed by atoms with Gasteiger partial charge in [-0.05, 0) is 12.1 Å². The molecule has 18 heavy (non-hydrogen) atoms. The predicted octanol–water partition coefficient (Wildman–Crippen LogP) is 2.55. The number of halogens is 4. The van der Waals surface area contributed by atoms with Crippen LogP contribution in [0.15, 0.2) is 18.2 Å². The van der Waals surface area contributed by atoms with Crippen LogP contribution in [0.5, 0.6) is 0 Å². The zero-order chi connectivity index (χ0) is 13.3. The van der Waals surface area contributed by atoms with Crippen LogP contribution in [0.25, 0.3) is 0 Å². The van der Waals surface area contributed by atoms with Crippen LogP contribution in [0.2, 0.25) is 5.02 Å². The Morgan fingerprint density at radius 3 is 2.61 bits per heavy atom. The van der Waals surface area contributed by atoms with Crippen molar-refractivity contribution < 1.29 is 22.7 Å². The van der Waals surface area contributed by atoms with Crippen molar-refractivity contribution in [3.63, 3.8) is 0 Å². The monoisotopic (exact) mass is 279 g/mol. The molecule has 1 aliphatic heterocycles. The molecule has 0 unspecified atom stereocenters. The maximum Gasteiger partial charge on any atom is 0.416 e. The van der Waals surface area contributed by atoms with Crippen LogP contribution in [0, 0.1) is 0 Å². The highest BCUT2D eigenvalue weighted by atomic mass is 35.5. The quantitative estimate of drug-likeness (QED) is 0.858. The fourth-order valence-electron chi connectivity index (χ4n) is 1.66. The Labute approximate surface area is 106 Å². The Morgan fingerprint density at radius 2 is 2.11 bits per heavy atom. The molecule has 7 heteroatoms. The van der Waals surface area contributed by atoms with Crippen LogP contribution in [0.1, 0.15) is 17.2 Å². The zero-order valence-corrected chi connectivity index (χ0v) is 9.81. The summed E-state index contributed by atoms with van der Waals surface area (Å²) >= 11 is 5.81. The Bertz CT molecular complexity index is 466. The average molecular weight is 280 g/mol. The zero-order valence-electron chi connectivity index (χ0n) is 9.05. The number of carbonyl (C=O) groups is 1. The minimum Gasteiger partial charge on any atom is -0.362 e. The summed E-state index contributed by atoms with van der Waals surface area (Å²) in [6.07, 6.45) is -4.94. The van der Waals surface area contributed by atoms with Crippen LogP contribution >= 0.6 is 11.6 Å². The Hall–Kier alpha value is -1.27. The third-order valence-corrected chi connectivity index (χ3v) is 2.90. The van der Waals surface area contributed by atoms with Crippen molar-refractivity contribution in [3.05, 3.63) is 34.3 Å². The van der Waals surface area contributed by atoms with Gasteiger partial charge in [0.15, 0.2) is 0 Å². The fourth-order valence-corrected chi connectivity index (χ4v) is 1.96. The molecule has 0 spiro atoms. The number of hydrogen-bond acceptors (Lipinski definition) is 2. The number of alkyl halides is 3. The highest BCUT2D eigenvalue weighted by Crippen LogP contribution is 2.34. The van der Waals surface area contributed by atoms with E-state index in [1.807, 2.05) is 0 Å².